The normalized spacial score (nSPS) is 10.6. The number of para-hydroxylation sites is 1. The first-order valence-corrected chi connectivity index (χ1v) is 10.1. The summed E-state index contributed by atoms with van der Waals surface area (Å²) in [5.74, 6) is 0.0369. The fourth-order valence-electron chi connectivity index (χ4n) is 2.70. The van der Waals surface area contributed by atoms with Gasteiger partial charge in [0.25, 0.3) is 0 Å². The van der Waals surface area contributed by atoms with Crippen molar-refractivity contribution in [3.05, 3.63) is 63.3 Å². The van der Waals surface area contributed by atoms with Gasteiger partial charge in [0, 0.05) is 17.1 Å². The molecule has 0 aliphatic heterocycles. The van der Waals surface area contributed by atoms with Crippen LogP contribution in [0.15, 0.2) is 53.0 Å². The first kappa shape index (κ1) is 20.9. The van der Waals surface area contributed by atoms with Gasteiger partial charge < -0.3 is 10.2 Å². The molecule has 0 saturated heterocycles. The zero-order chi connectivity index (χ0) is 21.0. The fourth-order valence-corrected chi connectivity index (χ4v) is 3.28. The van der Waals surface area contributed by atoms with Crippen molar-refractivity contribution in [3.8, 4) is 11.4 Å². The number of rotatable bonds is 6. The average molecular weight is 474 g/mol. The summed E-state index contributed by atoms with van der Waals surface area (Å²) < 4.78 is 2.75. The molecular weight excluding hydrogens is 454 g/mol. The molecule has 0 aliphatic rings. The lowest BCUT2D eigenvalue weighted by Crippen LogP contribution is -2.37. The molecule has 2 amide bonds. The zero-order valence-electron chi connectivity index (χ0n) is 16.0. The van der Waals surface area contributed by atoms with E-state index in [2.05, 4.69) is 31.4 Å². The van der Waals surface area contributed by atoms with Gasteiger partial charge in [-0.3, -0.25) is 19.3 Å². The van der Waals surface area contributed by atoms with Gasteiger partial charge in [0.2, 0.25) is 11.8 Å². The molecule has 0 fully saturated rings. The van der Waals surface area contributed by atoms with Crippen molar-refractivity contribution in [2.24, 2.45) is 0 Å². The minimum absolute atomic E-state index is 0.0165. The van der Waals surface area contributed by atoms with Crippen LogP contribution < -0.4 is 5.32 Å². The monoisotopic (exact) mass is 473 g/mol. The summed E-state index contributed by atoms with van der Waals surface area (Å²) in [5.41, 5.74) is 2.63. The number of anilines is 1. The van der Waals surface area contributed by atoms with Crippen molar-refractivity contribution < 1.29 is 9.59 Å². The number of likely N-dealkylation sites (N-methyl/N-ethyl adjacent to an activating group) is 1. The van der Waals surface area contributed by atoms with Gasteiger partial charge >= 0.3 is 0 Å². The summed E-state index contributed by atoms with van der Waals surface area (Å²) in [7, 11) is 1.58. The van der Waals surface area contributed by atoms with E-state index >= 15 is 0 Å². The number of aromatic nitrogens is 3. The summed E-state index contributed by atoms with van der Waals surface area (Å²) in [6, 6.07) is 15.1. The Hall–Kier alpha value is -2.78. The number of benzene rings is 2. The third-order valence-electron chi connectivity index (χ3n) is 4.32. The summed E-state index contributed by atoms with van der Waals surface area (Å²) in [5, 5.41) is 9.76. The van der Waals surface area contributed by atoms with E-state index in [0.29, 0.717) is 16.3 Å². The molecule has 1 aromatic heterocycles. The predicted molar refractivity (Wildman–Crippen MR) is 118 cm³/mol. The van der Waals surface area contributed by atoms with Crippen LogP contribution >= 0.6 is 28.1 Å². The molecule has 0 bridgehead atoms. The minimum Gasteiger partial charge on any atom is -0.335 e. The number of nitrogens with one attached hydrogen (secondary N) is 2. The van der Waals surface area contributed by atoms with E-state index in [0.717, 1.165) is 15.6 Å². The van der Waals surface area contributed by atoms with Gasteiger partial charge in [-0.05, 0) is 47.2 Å². The summed E-state index contributed by atoms with van der Waals surface area (Å²) in [6.45, 7) is 1.90. The number of aryl methyl sites for hydroxylation is 1. The Kier molecular flexibility index (Phi) is 6.60. The fraction of sp³-hybridized carbons (Fsp3) is 0.200. The smallest absolute Gasteiger partial charge is 0.244 e. The molecule has 2 aromatic carbocycles. The van der Waals surface area contributed by atoms with E-state index in [1.165, 1.54) is 4.90 Å². The molecular formula is C20H20BrN5O2S. The number of carbonyl (C=O) groups is 2. The van der Waals surface area contributed by atoms with Crippen LogP contribution in [0.25, 0.3) is 11.4 Å². The predicted octanol–water partition coefficient (Wildman–Crippen LogP) is 3.78. The highest BCUT2D eigenvalue weighted by molar-refractivity contribution is 9.10. The number of aromatic amines is 1. The van der Waals surface area contributed by atoms with Gasteiger partial charge in [0.1, 0.15) is 6.54 Å². The molecule has 0 radical (unpaired) electrons. The molecule has 9 heteroatoms. The average Bonchev–Trinajstić information content (AvgIpc) is 3.04. The lowest BCUT2D eigenvalue weighted by atomic mass is 10.1. The Morgan fingerprint density at radius 3 is 2.59 bits per heavy atom. The lowest BCUT2D eigenvalue weighted by Gasteiger charge is -2.18. The number of halogens is 1. The minimum atomic E-state index is -0.290. The van der Waals surface area contributed by atoms with E-state index in [1.54, 1.807) is 17.7 Å². The van der Waals surface area contributed by atoms with E-state index in [-0.39, 0.29) is 24.9 Å². The maximum absolute atomic E-state index is 12.7. The summed E-state index contributed by atoms with van der Waals surface area (Å²) in [6.07, 6.45) is 0. The molecule has 3 rings (SSSR count). The molecule has 0 aliphatic carbocycles. The molecule has 0 saturated carbocycles. The second kappa shape index (κ2) is 9.15. The summed E-state index contributed by atoms with van der Waals surface area (Å²) in [4.78, 5) is 26.3. The topological polar surface area (TPSA) is 83.0 Å². The van der Waals surface area contributed by atoms with Crippen molar-refractivity contribution in [1.82, 2.24) is 19.7 Å². The molecule has 1 heterocycles. The number of carbonyl (C=O) groups excluding carboxylic acids is 2. The van der Waals surface area contributed by atoms with Gasteiger partial charge in [-0.1, -0.05) is 42.0 Å². The van der Waals surface area contributed by atoms with Gasteiger partial charge in [0.05, 0.1) is 12.2 Å². The maximum atomic E-state index is 12.7. The van der Waals surface area contributed by atoms with Crippen molar-refractivity contribution in [3.63, 3.8) is 0 Å². The van der Waals surface area contributed by atoms with Crippen molar-refractivity contribution >= 4 is 45.6 Å². The number of amides is 2. The van der Waals surface area contributed by atoms with Crippen LogP contribution in [0.3, 0.4) is 0 Å². The quantitative estimate of drug-likeness (QED) is 0.533. The second-order valence-electron chi connectivity index (χ2n) is 6.58. The molecule has 0 atom stereocenters. The second-order valence-corrected chi connectivity index (χ2v) is 7.82. The Balaban J connectivity index is 1.68. The lowest BCUT2D eigenvalue weighted by molar-refractivity contribution is -0.133. The third kappa shape index (κ3) is 5.18. The first-order chi connectivity index (χ1) is 13.8. The van der Waals surface area contributed by atoms with E-state index < -0.39 is 0 Å². The van der Waals surface area contributed by atoms with E-state index in [1.807, 2.05) is 49.4 Å². The van der Waals surface area contributed by atoms with Crippen molar-refractivity contribution in [2.45, 2.75) is 13.5 Å². The Bertz CT molecular complexity index is 1090. The first-order valence-electron chi connectivity index (χ1n) is 8.85. The van der Waals surface area contributed by atoms with Crippen LogP contribution in [0.5, 0.6) is 0 Å². The van der Waals surface area contributed by atoms with Gasteiger partial charge in [-0.25, -0.2) is 0 Å². The third-order valence-corrected chi connectivity index (χ3v) is 5.32. The summed E-state index contributed by atoms with van der Waals surface area (Å²) >= 11 is 8.66. The largest absolute Gasteiger partial charge is 0.335 e. The number of hydrogen-bond donors (Lipinski definition) is 2. The van der Waals surface area contributed by atoms with Gasteiger partial charge in [-0.15, -0.1) is 0 Å². The molecule has 2 N–H and O–H groups in total. The van der Waals surface area contributed by atoms with Gasteiger partial charge in [0.15, 0.2) is 10.6 Å². The maximum Gasteiger partial charge on any atom is 0.244 e. The molecule has 0 unspecified atom stereocenters. The van der Waals surface area contributed by atoms with Crippen LogP contribution in [0.1, 0.15) is 5.56 Å². The molecule has 3 aromatic rings. The molecule has 0 spiro atoms. The standard InChI is InChI=1S/C20H20BrN5O2S/c1-13-7-9-14(10-8-13)19-23-24-20(29)26(19)12-18(28)25(2)11-17(27)22-16-6-4-3-5-15(16)21/h3-10H,11-12H2,1-2H3,(H,22,27)(H,24,29). The molecule has 150 valence electrons. The van der Waals surface area contributed by atoms with Crippen molar-refractivity contribution in [1.29, 1.82) is 0 Å². The number of hydrogen-bond acceptors (Lipinski definition) is 4. The molecule has 29 heavy (non-hydrogen) atoms. The Morgan fingerprint density at radius 2 is 1.90 bits per heavy atom. The van der Waals surface area contributed by atoms with Crippen LogP contribution in [-0.2, 0) is 16.1 Å². The van der Waals surface area contributed by atoms with Crippen LogP contribution in [0, 0.1) is 11.7 Å². The highest BCUT2D eigenvalue weighted by atomic mass is 79.9. The van der Waals surface area contributed by atoms with Crippen molar-refractivity contribution in [2.75, 3.05) is 18.9 Å². The van der Waals surface area contributed by atoms with Crippen LogP contribution in [0.4, 0.5) is 5.69 Å². The Labute approximate surface area is 181 Å². The Morgan fingerprint density at radius 1 is 1.21 bits per heavy atom. The van der Waals surface area contributed by atoms with Crippen LogP contribution in [-0.4, -0.2) is 45.1 Å². The highest BCUT2D eigenvalue weighted by Gasteiger charge is 2.17. The van der Waals surface area contributed by atoms with E-state index in [4.69, 9.17) is 12.2 Å². The molecule has 7 nitrogen and oxygen atoms in total. The van der Waals surface area contributed by atoms with E-state index in [9.17, 15) is 9.59 Å². The zero-order valence-corrected chi connectivity index (χ0v) is 18.4. The number of nitrogens with zero attached hydrogens (tertiary/aromatic N) is 3. The number of H-pyrrole nitrogens is 1. The SMILES string of the molecule is Cc1ccc(-c2n[nH]c(=S)n2CC(=O)N(C)CC(=O)Nc2ccccc2Br)cc1. The van der Waals surface area contributed by atoms with Crippen LogP contribution in [0.2, 0.25) is 0 Å². The van der Waals surface area contributed by atoms with Gasteiger partial charge in [-0.2, -0.15) is 5.10 Å². The highest BCUT2D eigenvalue weighted by Crippen LogP contribution is 2.21.